The lowest BCUT2D eigenvalue weighted by atomic mass is 9.88. The summed E-state index contributed by atoms with van der Waals surface area (Å²) in [5.74, 6) is 0.900. The van der Waals surface area contributed by atoms with E-state index in [2.05, 4.69) is 64.1 Å². The molecule has 2 aromatic rings. The molecule has 0 spiro atoms. The van der Waals surface area contributed by atoms with E-state index in [1.807, 2.05) is 12.1 Å². The summed E-state index contributed by atoms with van der Waals surface area (Å²) >= 11 is 0. The molecule has 2 fully saturated rings. The molecule has 0 radical (unpaired) electrons. The van der Waals surface area contributed by atoms with Gasteiger partial charge in [0.2, 0.25) is 0 Å². The van der Waals surface area contributed by atoms with E-state index in [1.165, 1.54) is 36.9 Å². The van der Waals surface area contributed by atoms with Crippen molar-refractivity contribution < 1.29 is 4.79 Å². The SMILES string of the molecule is O=C(NCCC(c1ccccc1)c1ccccc1)NC[C@H]1CCN(C2CC2)C1. The van der Waals surface area contributed by atoms with Gasteiger partial charge in [0.25, 0.3) is 0 Å². The molecular formula is C24H31N3O. The maximum atomic E-state index is 12.2. The maximum absolute atomic E-state index is 12.2. The van der Waals surface area contributed by atoms with Crippen LogP contribution in [0.5, 0.6) is 0 Å². The number of benzene rings is 2. The second kappa shape index (κ2) is 9.24. The van der Waals surface area contributed by atoms with Crippen LogP contribution in [-0.4, -0.2) is 43.2 Å². The van der Waals surface area contributed by atoms with Crippen LogP contribution < -0.4 is 10.6 Å². The first-order chi connectivity index (χ1) is 13.8. The second-order valence-corrected chi connectivity index (χ2v) is 8.18. The summed E-state index contributed by atoms with van der Waals surface area (Å²) in [6.07, 6.45) is 4.83. The fourth-order valence-electron chi connectivity index (χ4n) is 4.33. The molecule has 4 rings (SSSR count). The molecule has 1 saturated heterocycles. The first-order valence-corrected chi connectivity index (χ1v) is 10.7. The van der Waals surface area contributed by atoms with Crippen LogP contribution in [0.1, 0.15) is 42.7 Å². The van der Waals surface area contributed by atoms with Crippen molar-refractivity contribution >= 4 is 6.03 Å². The number of hydrogen-bond donors (Lipinski definition) is 2. The van der Waals surface area contributed by atoms with Crippen molar-refractivity contribution in [3.8, 4) is 0 Å². The van der Waals surface area contributed by atoms with Crippen molar-refractivity contribution in [3.63, 3.8) is 0 Å². The molecule has 2 N–H and O–H groups in total. The van der Waals surface area contributed by atoms with Gasteiger partial charge in [-0.05, 0) is 49.3 Å². The van der Waals surface area contributed by atoms with Gasteiger partial charge < -0.3 is 15.5 Å². The van der Waals surface area contributed by atoms with Gasteiger partial charge in [0, 0.05) is 31.6 Å². The average Bonchev–Trinajstić information content (AvgIpc) is 3.49. The number of nitrogens with one attached hydrogen (secondary N) is 2. The van der Waals surface area contributed by atoms with Crippen LogP contribution in [0.15, 0.2) is 60.7 Å². The Labute approximate surface area is 168 Å². The monoisotopic (exact) mass is 377 g/mol. The molecule has 1 heterocycles. The first-order valence-electron chi connectivity index (χ1n) is 10.7. The Hall–Kier alpha value is -2.33. The Morgan fingerprint density at radius 2 is 1.57 bits per heavy atom. The standard InChI is InChI=1S/C24H31N3O/c28-24(26-17-19-14-16-27(18-19)22-11-12-22)25-15-13-23(20-7-3-1-4-8-20)21-9-5-2-6-10-21/h1-10,19,22-23H,11-18H2,(H2,25,26,28)/t19-/m1/s1. The molecule has 0 bridgehead atoms. The van der Waals surface area contributed by atoms with E-state index in [0.29, 0.717) is 18.4 Å². The summed E-state index contributed by atoms with van der Waals surface area (Å²) in [6, 6.07) is 21.9. The smallest absolute Gasteiger partial charge is 0.314 e. The number of likely N-dealkylation sites (tertiary alicyclic amines) is 1. The molecule has 2 aromatic carbocycles. The Bertz CT molecular complexity index is 705. The molecule has 0 unspecified atom stereocenters. The van der Waals surface area contributed by atoms with Gasteiger partial charge >= 0.3 is 6.03 Å². The Morgan fingerprint density at radius 1 is 0.929 bits per heavy atom. The number of nitrogens with zero attached hydrogens (tertiary/aromatic N) is 1. The van der Waals surface area contributed by atoms with E-state index in [9.17, 15) is 4.79 Å². The Kier molecular flexibility index (Phi) is 6.27. The summed E-state index contributed by atoms with van der Waals surface area (Å²) in [6.45, 7) is 3.80. The van der Waals surface area contributed by atoms with E-state index in [-0.39, 0.29) is 6.03 Å². The average molecular weight is 378 g/mol. The molecule has 148 valence electrons. The highest BCUT2D eigenvalue weighted by Gasteiger charge is 2.34. The molecule has 1 aliphatic carbocycles. The highest BCUT2D eigenvalue weighted by molar-refractivity contribution is 5.73. The predicted molar refractivity (Wildman–Crippen MR) is 113 cm³/mol. The van der Waals surface area contributed by atoms with Gasteiger partial charge in [0.1, 0.15) is 0 Å². The third-order valence-electron chi connectivity index (χ3n) is 6.05. The normalized spacial score (nSPS) is 19.7. The van der Waals surface area contributed by atoms with Gasteiger partial charge in [-0.15, -0.1) is 0 Å². The van der Waals surface area contributed by atoms with E-state index < -0.39 is 0 Å². The van der Waals surface area contributed by atoms with E-state index in [4.69, 9.17) is 0 Å². The molecule has 4 nitrogen and oxygen atoms in total. The third-order valence-corrected chi connectivity index (χ3v) is 6.05. The lowest BCUT2D eigenvalue weighted by molar-refractivity contribution is 0.238. The van der Waals surface area contributed by atoms with Gasteiger partial charge in [-0.25, -0.2) is 4.79 Å². The zero-order valence-corrected chi connectivity index (χ0v) is 16.5. The minimum absolute atomic E-state index is 0.0373. The zero-order valence-electron chi connectivity index (χ0n) is 16.5. The molecule has 1 atom stereocenters. The maximum Gasteiger partial charge on any atom is 0.314 e. The van der Waals surface area contributed by atoms with Gasteiger partial charge in [-0.2, -0.15) is 0 Å². The van der Waals surface area contributed by atoms with Crippen LogP contribution in [0.4, 0.5) is 4.79 Å². The largest absolute Gasteiger partial charge is 0.338 e. The third kappa shape index (κ3) is 5.14. The topological polar surface area (TPSA) is 44.4 Å². The number of carbonyl (C=O) groups excluding carboxylic acids is 1. The van der Waals surface area contributed by atoms with Crippen molar-refractivity contribution in [2.75, 3.05) is 26.2 Å². The molecule has 4 heteroatoms. The number of hydrogen-bond acceptors (Lipinski definition) is 2. The van der Waals surface area contributed by atoms with E-state index in [0.717, 1.165) is 25.6 Å². The minimum Gasteiger partial charge on any atom is -0.338 e. The molecule has 2 amide bonds. The zero-order chi connectivity index (χ0) is 19.2. The van der Waals surface area contributed by atoms with Gasteiger partial charge in [-0.1, -0.05) is 60.7 Å². The molecule has 0 aromatic heterocycles. The lowest BCUT2D eigenvalue weighted by Gasteiger charge is -2.19. The highest BCUT2D eigenvalue weighted by atomic mass is 16.2. The van der Waals surface area contributed by atoms with Gasteiger partial charge in [-0.3, -0.25) is 0 Å². The molecule has 28 heavy (non-hydrogen) atoms. The van der Waals surface area contributed by atoms with Crippen LogP contribution in [0.25, 0.3) is 0 Å². The summed E-state index contributed by atoms with van der Waals surface area (Å²) in [4.78, 5) is 14.8. The quantitative estimate of drug-likeness (QED) is 0.730. The van der Waals surface area contributed by atoms with Crippen molar-refractivity contribution in [2.45, 2.75) is 37.6 Å². The second-order valence-electron chi connectivity index (χ2n) is 8.18. The predicted octanol–water partition coefficient (Wildman–Crippen LogP) is 3.99. The summed E-state index contributed by atoms with van der Waals surface area (Å²) in [7, 11) is 0. The Balaban J connectivity index is 1.23. The highest BCUT2D eigenvalue weighted by Crippen LogP contribution is 2.31. The summed E-state index contributed by atoms with van der Waals surface area (Å²) < 4.78 is 0. The van der Waals surface area contributed by atoms with Crippen LogP contribution in [0.3, 0.4) is 0 Å². The van der Waals surface area contributed by atoms with E-state index in [1.54, 1.807) is 0 Å². The lowest BCUT2D eigenvalue weighted by Crippen LogP contribution is -2.39. The number of amides is 2. The van der Waals surface area contributed by atoms with Crippen LogP contribution in [-0.2, 0) is 0 Å². The number of carbonyl (C=O) groups is 1. The summed E-state index contributed by atoms with van der Waals surface area (Å²) in [5, 5.41) is 6.14. The van der Waals surface area contributed by atoms with Gasteiger partial charge in [0.15, 0.2) is 0 Å². The van der Waals surface area contributed by atoms with Crippen LogP contribution in [0.2, 0.25) is 0 Å². The summed E-state index contributed by atoms with van der Waals surface area (Å²) in [5.41, 5.74) is 2.59. The van der Waals surface area contributed by atoms with Crippen molar-refractivity contribution in [1.82, 2.24) is 15.5 Å². The van der Waals surface area contributed by atoms with Crippen LogP contribution >= 0.6 is 0 Å². The number of urea groups is 1. The fourth-order valence-corrected chi connectivity index (χ4v) is 4.33. The van der Waals surface area contributed by atoms with Crippen molar-refractivity contribution in [1.29, 1.82) is 0 Å². The first kappa shape index (κ1) is 19.0. The van der Waals surface area contributed by atoms with E-state index >= 15 is 0 Å². The molecule has 1 aliphatic heterocycles. The number of rotatable bonds is 8. The van der Waals surface area contributed by atoms with Crippen LogP contribution in [0, 0.1) is 5.92 Å². The molecule has 2 aliphatic rings. The molecule has 1 saturated carbocycles. The fraction of sp³-hybridized carbons (Fsp3) is 0.458. The van der Waals surface area contributed by atoms with Crippen molar-refractivity contribution in [2.24, 2.45) is 5.92 Å². The van der Waals surface area contributed by atoms with Crippen molar-refractivity contribution in [3.05, 3.63) is 71.8 Å². The molecular weight excluding hydrogens is 346 g/mol. The van der Waals surface area contributed by atoms with Gasteiger partial charge in [0.05, 0.1) is 0 Å². The minimum atomic E-state index is -0.0373. The Morgan fingerprint density at radius 3 is 2.18 bits per heavy atom.